The normalized spacial score (nSPS) is 17.1. The van der Waals surface area contributed by atoms with E-state index in [-0.39, 0.29) is 68.3 Å². The van der Waals surface area contributed by atoms with Gasteiger partial charge in [0, 0.05) is 17.2 Å². The van der Waals surface area contributed by atoms with Crippen LogP contribution in [0.15, 0.2) is 138 Å². The summed E-state index contributed by atoms with van der Waals surface area (Å²) in [6, 6.07) is 5.13. The quantitative estimate of drug-likeness (QED) is 0.203. The van der Waals surface area contributed by atoms with E-state index in [0.29, 0.717) is 16.7 Å². The second kappa shape index (κ2) is 9.39. The Balaban J connectivity index is 1.48. The molecular weight excluding hydrogens is 484 g/mol. The van der Waals surface area contributed by atoms with Crippen LogP contribution in [0.4, 0.5) is 0 Å². The monoisotopic (exact) mass is 527 g/mol. The SMILES string of the molecule is [2H]c1c([2H])c([2H])c2c(CCc3c4c([2H])c([2H])c([2H])c([2H])c4c(Cc4cccc5c4oc4ccccc45)c4c([2H])c([2H])c([2H])c([2H])c34)c([2H])c([2H])c([2H])c2c1[2H]. The number of furan rings is 1. The van der Waals surface area contributed by atoms with Crippen LogP contribution in [-0.2, 0) is 19.3 Å². The minimum absolute atomic E-state index is 0.00346. The zero-order valence-electron chi connectivity index (χ0n) is 36.1. The molecule has 0 aliphatic heterocycles. The first-order valence-electron chi connectivity index (χ1n) is 20.4. The molecule has 0 amide bonds. The van der Waals surface area contributed by atoms with Crippen LogP contribution in [-0.4, -0.2) is 0 Å². The number of hydrogen-bond acceptors (Lipinski definition) is 1. The van der Waals surface area contributed by atoms with Gasteiger partial charge < -0.3 is 4.42 Å². The number of rotatable bonds is 5. The first kappa shape index (κ1) is 12.5. The Morgan fingerprint density at radius 1 is 0.475 bits per heavy atom. The molecule has 0 N–H and O–H groups in total. The van der Waals surface area contributed by atoms with Crippen LogP contribution in [0.3, 0.4) is 0 Å². The van der Waals surface area contributed by atoms with Crippen LogP contribution < -0.4 is 0 Å². The fraction of sp³-hybridized carbons (Fsp3) is 0.0769. The van der Waals surface area contributed by atoms with Gasteiger partial charge in [0.2, 0.25) is 0 Å². The number of benzene rings is 7. The molecule has 0 fully saturated rings. The molecule has 1 heteroatoms. The second-order valence-corrected chi connectivity index (χ2v) is 9.63. The van der Waals surface area contributed by atoms with Crippen molar-refractivity contribution in [1.82, 2.24) is 0 Å². The van der Waals surface area contributed by atoms with Crippen molar-refractivity contribution in [2.45, 2.75) is 19.3 Å². The topological polar surface area (TPSA) is 13.1 Å². The summed E-state index contributed by atoms with van der Waals surface area (Å²) in [5.41, 5.74) is 2.09. The Morgan fingerprint density at radius 3 is 1.88 bits per heavy atom. The molecule has 0 spiro atoms. The van der Waals surface area contributed by atoms with Crippen LogP contribution in [0.2, 0.25) is 0 Å². The van der Waals surface area contributed by atoms with Crippen molar-refractivity contribution in [2.24, 2.45) is 0 Å². The van der Waals surface area contributed by atoms with Crippen molar-refractivity contribution >= 4 is 54.3 Å². The van der Waals surface area contributed by atoms with Gasteiger partial charge in [-0.2, -0.15) is 0 Å². The van der Waals surface area contributed by atoms with Gasteiger partial charge in [0.25, 0.3) is 0 Å². The first-order valence-corrected chi connectivity index (χ1v) is 12.9. The summed E-state index contributed by atoms with van der Waals surface area (Å²) in [6.07, 6.45) is -0.506. The Kier molecular flexibility index (Phi) is 2.94. The van der Waals surface area contributed by atoms with E-state index in [4.69, 9.17) is 19.5 Å². The number of aryl methyl sites for hydroxylation is 2. The summed E-state index contributed by atoms with van der Waals surface area (Å²) in [5, 5.41) is 1.34. The van der Waals surface area contributed by atoms with Crippen molar-refractivity contribution < 1.29 is 25.0 Å². The third-order valence-corrected chi connectivity index (χ3v) is 7.45. The van der Waals surface area contributed by atoms with Crippen LogP contribution in [0.1, 0.15) is 42.8 Å². The smallest absolute Gasteiger partial charge is 0.138 e. The average Bonchev–Trinajstić information content (AvgIpc) is 3.57. The highest BCUT2D eigenvalue weighted by Crippen LogP contribution is 2.38. The first-order chi connectivity index (χ1) is 26.1. The third-order valence-electron chi connectivity index (χ3n) is 7.45. The lowest BCUT2D eigenvalue weighted by Crippen LogP contribution is -2.00. The molecule has 1 heterocycles. The molecule has 0 atom stereocenters. The lowest BCUT2D eigenvalue weighted by Gasteiger charge is -2.18. The van der Waals surface area contributed by atoms with E-state index in [1.165, 1.54) is 0 Å². The fourth-order valence-corrected chi connectivity index (χ4v) is 5.64. The van der Waals surface area contributed by atoms with Gasteiger partial charge in [0.15, 0.2) is 0 Å². The molecule has 7 aromatic carbocycles. The van der Waals surface area contributed by atoms with E-state index < -0.39 is 90.6 Å². The van der Waals surface area contributed by atoms with Crippen molar-refractivity contribution in [3.63, 3.8) is 0 Å². The minimum atomic E-state index is -0.605. The molecule has 1 nitrogen and oxygen atoms in total. The minimum Gasteiger partial charge on any atom is -0.456 e. The lowest BCUT2D eigenvalue weighted by molar-refractivity contribution is 0.664. The molecule has 0 saturated heterocycles. The molecule has 0 unspecified atom stereocenters. The predicted molar refractivity (Wildman–Crippen MR) is 169 cm³/mol. The standard InChI is InChI=1S/C39H28O/c1-2-15-29-26(11-1)12-9-13-27(29)23-24-34-30-16-3-5-18-32(30)37(33-19-6-4-17-31(33)34)25-28-14-10-21-36-35-20-7-8-22-38(35)40-39(28)36/h1-22H,23-25H2/i1D,2D,3D,4D,5D,6D,9D,11D,12D,13D,15D,16D,17D,18D,19D. The Bertz CT molecular complexity index is 2930. The summed E-state index contributed by atoms with van der Waals surface area (Å²) < 4.78 is 137. The molecule has 0 saturated carbocycles. The van der Waals surface area contributed by atoms with Gasteiger partial charge in [-0.3, -0.25) is 0 Å². The van der Waals surface area contributed by atoms with E-state index in [9.17, 15) is 5.48 Å². The van der Waals surface area contributed by atoms with Gasteiger partial charge in [-0.15, -0.1) is 0 Å². The third kappa shape index (κ3) is 3.70. The largest absolute Gasteiger partial charge is 0.456 e. The number of para-hydroxylation sites is 2. The molecular formula is C39H28O. The van der Waals surface area contributed by atoms with Gasteiger partial charge in [0.1, 0.15) is 11.2 Å². The van der Waals surface area contributed by atoms with E-state index in [1.54, 1.807) is 6.07 Å². The second-order valence-electron chi connectivity index (χ2n) is 9.63. The zero-order valence-corrected chi connectivity index (χ0v) is 21.1. The van der Waals surface area contributed by atoms with Crippen molar-refractivity contribution in [3.05, 3.63) is 155 Å². The van der Waals surface area contributed by atoms with Crippen LogP contribution in [0.5, 0.6) is 0 Å². The van der Waals surface area contributed by atoms with Crippen molar-refractivity contribution in [3.8, 4) is 0 Å². The number of hydrogen-bond donors (Lipinski definition) is 0. The molecule has 1 aromatic heterocycles. The maximum absolute atomic E-state index is 9.19. The summed E-state index contributed by atoms with van der Waals surface area (Å²) in [6.45, 7) is 0. The van der Waals surface area contributed by atoms with Gasteiger partial charge in [-0.25, -0.2) is 0 Å². The van der Waals surface area contributed by atoms with Crippen molar-refractivity contribution in [2.75, 3.05) is 0 Å². The summed E-state index contributed by atoms with van der Waals surface area (Å²) in [4.78, 5) is 0. The molecule has 0 bridgehead atoms. The Labute approximate surface area is 254 Å². The van der Waals surface area contributed by atoms with E-state index in [2.05, 4.69) is 0 Å². The maximum Gasteiger partial charge on any atom is 0.138 e. The lowest BCUT2D eigenvalue weighted by atomic mass is 9.86. The van der Waals surface area contributed by atoms with Gasteiger partial charge in [-0.05, 0) is 73.5 Å². The molecule has 8 aromatic rings. The van der Waals surface area contributed by atoms with E-state index in [0.717, 1.165) is 10.8 Å². The van der Waals surface area contributed by atoms with Crippen LogP contribution in [0, 0.1) is 0 Å². The van der Waals surface area contributed by atoms with Crippen LogP contribution in [0.25, 0.3) is 54.3 Å². The van der Waals surface area contributed by atoms with E-state index in [1.807, 2.05) is 36.4 Å². The highest BCUT2D eigenvalue weighted by atomic mass is 16.3. The molecule has 0 radical (unpaired) electrons. The highest BCUT2D eigenvalue weighted by Gasteiger charge is 2.17. The maximum atomic E-state index is 9.19. The summed E-state index contributed by atoms with van der Waals surface area (Å²) >= 11 is 0. The van der Waals surface area contributed by atoms with Gasteiger partial charge >= 0.3 is 0 Å². The molecule has 190 valence electrons. The predicted octanol–water partition coefficient (Wildman–Crippen LogP) is 10.4. The molecule has 8 rings (SSSR count). The highest BCUT2D eigenvalue weighted by molar-refractivity contribution is 6.08. The summed E-state index contributed by atoms with van der Waals surface area (Å²) in [5.74, 6) is 0. The average molecular weight is 528 g/mol. The Hall–Kier alpha value is -4.88. The van der Waals surface area contributed by atoms with E-state index >= 15 is 0 Å². The molecule has 0 aliphatic carbocycles. The Morgan fingerprint density at radius 2 is 1.10 bits per heavy atom. The van der Waals surface area contributed by atoms with Gasteiger partial charge in [0.05, 0.1) is 20.6 Å². The molecule has 0 aliphatic rings. The van der Waals surface area contributed by atoms with Gasteiger partial charge in [-0.1, -0.05) is 127 Å². The molecule has 40 heavy (non-hydrogen) atoms. The number of fused-ring (bicyclic) bond motifs is 6. The van der Waals surface area contributed by atoms with Crippen molar-refractivity contribution in [1.29, 1.82) is 0 Å². The zero-order chi connectivity index (χ0) is 39.5. The van der Waals surface area contributed by atoms with Crippen LogP contribution >= 0.6 is 0 Å². The summed E-state index contributed by atoms with van der Waals surface area (Å²) in [7, 11) is 0. The fourth-order valence-electron chi connectivity index (χ4n) is 5.64.